The van der Waals surface area contributed by atoms with Crippen molar-refractivity contribution in [3.63, 3.8) is 0 Å². The van der Waals surface area contributed by atoms with Crippen LogP contribution in [0.2, 0.25) is 0 Å². The van der Waals surface area contributed by atoms with Crippen molar-refractivity contribution >= 4 is 11.9 Å². The van der Waals surface area contributed by atoms with Crippen LogP contribution in [0.25, 0.3) is 0 Å². The zero-order valence-electron chi connectivity index (χ0n) is 12.9. The van der Waals surface area contributed by atoms with Gasteiger partial charge in [-0.2, -0.15) is 0 Å². The molecule has 1 amide bonds. The number of carbonyl (C=O) groups is 2. The van der Waals surface area contributed by atoms with Crippen LogP contribution in [0.15, 0.2) is 0 Å². The van der Waals surface area contributed by atoms with Gasteiger partial charge >= 0.3 is 5.97 Å². The van der Waals surface area contributed by atoms with Crippen LogP contribution in [0, 0.1) is 17.3 Å². The van der Waals surface area contributed by atoms with Crippen molar-refractivity contribution in [2.75, 3.05) is 20.3 Å². The predicted molar refractivity (Wildman–Crippen MR) is 78.9 cm³/mol. The van der Waals surface area contributed by atoms with Crippen LogP contribution in [-0.2, 0) is 14.3 Å². The summed E-state index contributed by atoms with van der Waals surface area (Å²) < 4.78 is 5.16. The van der Waals surface area contributed by atoms with Gasteiger partial charge in [-0.3, -0.25) is 9.59 Å². The highest BCUT2D eigenvalue weighted by atomic mass is 16.5. The Morgan fingerprint density at radius 2 is 1.95 bits per heavy atom. The molecular weight excluding hydrogens is 270 g/mol. The number of hydrogen-bond acceptors (Lipinski definition) is 3. The highest BCUT2D eigenvalue weighted by molar-refractivity contribution is 5.80. The SMILES string of the molecule is COCCC1(CNC(=O)C2CCCC(C(=O)O)C2)CCC1. The van der Waals surface area contributed by atoms with Crippen LogP contribution < -0.4 is 5.32 Å². The maximum absolute atomic E-state index is 12.3. The molecule has 5 nitrogen and oxygen atoms in total. The Hall–Kier alpha value is -1.10. The number of methoxy groups -OCH3 is 1. The van der Waals surface area contributed by atoms with Gasteiger partial charge in [0.15, 0.2) is 0 Å². The molecular formula is C16H27NO4. The van der Waals surface area contributed by atoms with Crippen molar-refractivity contribution in [2.45, 2.75) is 51.4 Å². The highest BCUT2D eigenvalue weighted by Crippen LogP contribution is 2.43. The van der Waals surface area contributed by atoms with Crippen LogP contribution in [0.4, 0.5) is 0 Å². The van der Waals surface area contributed by atoms with Crippen molar-refractivity contribution < 1.29 is 19.4 Å². The summed E-state index contributed by atoms with van der Waals surface area (Å²) in [5, 5.41) is 12.2. The highest BCUT2D eigenvalue weighted by Gasteiger charge is 2.38. The van der Waals surface area contributed by atoms with Gasteiger partial charge in [0.1, 0.15) is 0 Å². The summed E-state index contributed by atoms with van der Waals surface area (Å²) in [6, 6.07) is 0. The summed E-state index contributed by atoms with van der Waals surface area (Å²) in [5.41, 5.74) is 0.215. The molecule has 2 saturated carbocycles. The fourth-order valence-corrected chi connectivity index (χ4v) is 3.58. The molecule has 0 heterocycles. The van der Waals surface area contributed by atoms with Gasteiger partial charge in [-0.1, -0.05) is 12.8 Å². The number of ether oxygens (including phenoxy) is 1. The maximum Gasteiger partial charge on any atom is 0.306 e. The molecule has 2 rings (SSSR count). The fraction of sp³-hybridized carbons (Fsp3) is 0.875. The van der Waals surface area contributed by atoms with Gasteiger partial charge in [-0.05, 0) is 43.9 Å². The van der Waals surface area contributed by atoms with E-state index in [2.05, 4.69) is 5.32 Å². The molecule has 2 atom stereocenters. The molecule has 0 radical (unpaired) electrons. The average Bonchev–Trinajstić information content (AvgIpc) is 2.45. The van der Waals surface area contributed by atoms with Crippen molar-refractivity contribution in [2.24, 2.45) is 17.3 Å². The summed E-state index contributed by atoms with van der Waals surface area (Å²) in [6.07, 6.45) is 7.38. The summed E-state index contributed by atoms with van der Waals surface area (Å²) in [6.45, 7) is 1.45. The first kappa shape index (κ1) is 16.3. The van der Waals surface area contributed by atoms with E-state index in [0.29, 0.717) is 19.4 Å². The number of rotatable bonds is 7. The van der Waals surface area contributed by atoms with Crippen molar-refractivity contribution in [1.82, 2.24) is 5.32 Å². The molecule has 0 spiro atoms. The summed E-state index contributed by atoms with van der Waals surface area (Å²) in [5.74, 6) is -1.19. The number of carbonyl (C=O) groups excluding carboxylic acids is 1. The van der Waals surface area contributed by atoms with Gasteiger partial charge in [0.25, 0.3) is 0 Å². The zero-order valence-corrected chi connectivity index (χ0v) is 12.9. The first-order chi connectivity index (χ1) is 10.1. The monoisotopic (exact) mass is 297 g/mol. The van der Waals surface area contributed by atoms with Crippen molar-refractivity contribution in [3.8, 4) is 0 Å². The van der Waals surface area contributed by atoms with Gasteiger partial charge in [0.05, 0.1) is 5.92 Å². The topological polar surface area (TPSA) is 75.6 Å². The van der Waals surface area contributed by atoms with E-state index >= 15 is 0 Å². The molecule has 0 aromatic carbocycles. The second-order valence-corrected chi connectivity index (χ2v) is 6.71. The van der Waals surface area contributed by atoms with Gasteiger partial charge < -0.3 is 15.2 Å². The van der Waals surface area contributed by atoms with E-state index in [1.807, 2.05) is 0 Å². The first-order valence-corrected chi connectivity index (χ1v) is 8.06. The number of aliphatic carboxylic acids is 1. The largest absolute Gasteiger partial charge is 0.481 e. The molecule has 0 saturated heterocycles. The molecule has 2 fully saturated rings. The number of carboxylic acids is 1. The molecule has 120 valence electrons. The second-order valence-electron chi connectivity index (χ2n) is 6.71. The Balaban J connectivity index is 1.79. The fourth-order valence-electron chi connectivity index (χ4n) is 3.58. The number of nitrogens with one attached hydrogen (secondary N) is 1. The van der Waals surface area contributed by atoms with E-state index in [4.69, 9.17) is 9.84 Å². The van der Waals surface area contributed by atoms with E-state index in [0.717, 1.165) is 38.7 Å². The van der Waals surface area contributed by atoms with Crippen LogP contribution in [0.1, 0.15) is 51.4 Å². The van der Waals surface area contributed by atoms with Crippen molar-refractivity contribution in [1.29, 1.82) is 0 Å². The lowest BCUT2D eigenvalue weighted by Gasteiger charge is -2.42. The van der Waals surface area contributed by atoms with Crippen molar-refractivity contribution in [3.05, 3.63) is 0 Å². The summed E-state index contributed by atoms with van der Waals surface area (Å²) in [4.78, 5) is 23.4. The molecule has 0 aromatic heterocycles. The lowest BCUT2D eigenvalue weighted by atomic mass is 9.66. The lowest BCUT2D eigenvalue weighted by Crippen LogP contribution is -2.45. The quantitative estimate of drug-likeness (QED) is 0.755. The summed E-state index contributed by atoms with van der Waals surface area (Å²) in [7, 11) is 1.71. The molecule has 0 bridgehead atoms. The third-order valence-electron chi connectivity index (χ3n) is 5.28. The van der Waals surface area contributed by atoms with E-state index in [-0.39, 0.29) is 23.2 Å². The second kappa shape index (κ2) is 7.25. The number of hydrogen-bond donors (Lipinski definition) is 2. The Kier molecular flexibility index (Phi) is 5.62. The minimum Gasteiger partial charge on any atom is -0.481 e. The normalized spacial score (nSPS) is 27.7. The van der Waals surface area contributed by atoms with Gasteiger partial charge in [-0.15, -0.1) is 0 Å². The Bertz CT molecular complexity index is 378. The molecule has 21 heavy (non-hydrogen) atoms. The van der Waals surface area contributed by atoms with Gasteiger partial charge in [-0.25, -0.2) is 0 Å². The number of carboxylic acid groups (broad SMARTS) is 1. The lowest BCUT2D eigenvalue weighted by molar-refractivity contribution is -0.144. The third kappa shape index (κ3) is 4.19. The van der Waals surface area contributed by atoms with Gasteiger partial charge in [0.2, 0.25) is 5.91 Å². The molecule has 0 aromatic rings. The molecule has 5 heteroatoms. The molecule has 2 N–H and O–H groups in total. The van der Waals surface area contributed by atoms with Gasteiger partial charge in [0, 0.05) is 26.2 Å². The van der Waals surface area contributed by atoms with E-state index < -0.39 is 5.97 Å². The maximum atomic E-state index is 12.3. The molecule has 2 aliphatic rings. The van der Waals surface area contributed by atoms with Crippen LogP contribution in [0.3, 0.4) is 0 Å². The smallest absolute Gasteiger partial charge is 0.306 e. The average molecular weight is 297 g/mol. The molecule has 0 aliphatic heterocycles. The van der Waals surface area contributed by atoms with E-state index in [9.17, 15) is 9.59 Å². The minimum atomic E-state index is -0.761. The van der Waals surface area contributed by atoms with Crippen LogP contribution in [-0.4, -0.2) is 37.2 Å². The summed E-state index contributed by atoms with van der Waals surface area (Å²) >= 11 is 0. The first-order valence-electron chi connectivity index (χ1n) is 8.06. The predicted octanol–water partition coefficient (Wildman–Crippen LogP) is 2.20. The standard InChI is InChI=1S/C16H27NO4/c1-21-9-8-16(6-3-7-16)11-17-14(18)12-4-2-5-13(10-12)15(19)20/h12-13H,2-11H2,1H3,(H,17,18)(H,19,20). The number of amides is 1. The van der Waals surface area contributed by atoms with E-state index in [1.165, 1.54) is 6.42 Å². The minimum absolute atomic E-state index is 0.0460. The third-order valence-corrected chi connectivity index (χ3v) is 5.28. The molecule has 2 aliphatic carbocycles. The Morgan fingerprint density at radius 1 is 1.24 bits per heavy atom. The van der Waals surface area contributed by atoms with Crippen LogP contribution in [0.5, 0.6) is 0 Å². The van der Waals surface area contributed by atoms with Crippen LogP contribution >= 0.6 is 0 Å². The van der Waals surface area contributed by atoms with E-state index in [1.54, 1.807) is 7.11 Å². The zero-order chi connectivity index (χ0) is 15.3. The Morgan fingerprint density at radius 3 is 2.52 bits per heavy atom. The molecule has 2 unspecified atom stereocenters. The Labute approximate surface area is 126 Å².